The van der Waals surface area contributed by atoms with Crippen molar-refractivity contribution in [2.75, 3.05) is 39.3 Å². The quantitative estimate of drug-likeness (QED) is 0.710. The number of piperidine rings is 1. The van der Waals surface area contributed by atoms with Crippen LogP contribution in [-0.2, 0) is 4.79 Å². The molecule has 1 heterocycles. The summed E-state index contributed by atoms with van der Waals surface area (Å²) >= 11 is 0. The van der Waals surface area contributed by atoms with Gasteiger partial charge in [0.2, 0.25) is 5.91 Å². The van der Waals surface area contributed by atoms with E-state index in [9.17, 15) is 4.79 Å². The van der Waals surface area contributed by atoms with E-state index in [0.29, 0.717) is 19.1 Å². The van der Waals surface area contributed by atoms with Crippen LogP contribution in [0.3, 0.4) is 0 Å². The Labute approximate surface area is 117 Å². The Morgan fingerprint density at radius 3 is 2.32 bits per heavy atom. The highest BCUT2D eigenvalue weighted by atomic mass is 16.2. The van der Waals surface area contributed by atoms with Gasteiger partial charge in [0.15, 0.2) is 0 Å². The van der Waals surface area contributed by atoms with Crippen LogP contribution in [-0.4, -0.2) is 61.0 Å². The van der Waals surface area contributed by atoms with Gasteiger partial charge in [-0.3, -0.25) is 9.69 Å². The monoisotopic (exact) mass is 267 g/mol. The van der Waals surface area contributed by atoms with E-state index in [1.54, 1.807) is 0 Å². The maximum atomic E-state index is 12.3. The first-order chi connectivity index (χ1) is 9.08. The number of hydrogen-bond donors (Lipinski definition) is 1. The number of rotatable bonds is 7. The van der Waals surface area contributed by atoms with Crippen molar-refractivity contribution in [1.29, 1.82) is 0 Å². The van der Waals surface area contributed by atoms with Gasteiger partial charge in [-0.25, -0.2) is 0 Å². The highest BCUT2D eigenvalue weighted by Gasteiger charge is 2.23. The SMILES string of the molecule is C=C(C)CN(CC)C(=O)CN(CC)C1CCNCC1. The minimum Gasteiger partial charge on any atom is -0.338 e. The second-order valence-corrected chi connectivity index (χ2v) is 5.41. The van der Waals surface area contributed by atoms with Crippen LogP contribution < -0.4 is 5.32 Å². The fraction of sp³-hybridized carbons (Fsp3) is 0.800. The Morgan fingerprint density at radius 2 is 1.84 bits per heavy atom. The Bertz CT molecular complexity index is 298. The minimum atomic E-state index is 0.228. The molecule has 4 nitrogen and oxygen atoms in total. The molecule has 0 atom stereocenters. The first kappa shape index (κ1) is 16.2. The zero-order chi connectivity index (χ0) is 14.3. The molecule has 0 aromatic carbocycles. The minimum absolute atomic E-state index is 0.228. The van der Waals surface area contributed by atoms with Crippen LogP contribution in [0.25, 0.3) is 0 Å². The average Bonchev–Trinajstić information content (AvgIpc) is 2.42. The van der Waals surface area contributed by atoms with Gasteiger partial charge in [-0.05, 0) is 46.3 Å². The van der Waals surface area contributed by atoms with Crippen molar-refractivity contribution in [1.82, 2.24) is 15.1 Å². The number of hydrogen-bond acceptors (Lipinski definition) is 3. The van der Waals surface area contributed by atoms with Gasteiger partial charge in [0.05, 0.1) is 6.54 Å². The number of nitrogens with one attached hydrogen (secondary N) is 1. The average molecular weight is 267 g/mol. The van der Waals surface area contributed by atoms with Crippen molar-refractivity contribution in [2.24, 2.45) is 0 Å². The van der Waals surface area contributed by atoms with Gasteiger partial charge in [0.1, 0.15) is 0 Å². The number of likely N-dealkylation sites (N-methyl/N-ethyl adjacent to an activating group) is 2. The summed E-state index contributed by atoms with van der Waals surface area (Å²) in [5.41, 5.74) is 1.04. The molecule has 0 radical (unpaired) electrons. The zero-order valence-electron chi connectivity index (χ0n) is 12.7. The molecule has 0 bridgehead atoms. The van der Waals surface area contributed by atoms with Crippen LogP contribution in [0.2, 0.25) is 0 Å². The maximum Gasteiger partial charge on any atom is 0.237 e. The van der Waals surface area contributed by atoms with Crippen molar-refractivity contribution in [3.05, 3.63) is 12.2 Å². The molecule has 1 N–H and O–H groups in total. The molecule has 1 aliphatic heterocycles. The molecular weight excluding hydrogens is 238 g/mol. The summed E-state index contributed by atoms with van der Waals surface area (Å²) in [5, 5.41) is 3.37. The fourth-order valence-corrected chi connectivity index (χ4v) is 2.65. The second kappa shape index (κ2) is 8.33. The third-order valence-corrected chi connectivity index (χ3v) is 3.76. The first-order valence-corrected chi connectivity index (χ1v) is 7.45. The van der Waals surface area contributed by atoms with Gasteiger partial charge < -0.3 is 10.2 Å². The predicted molar refractivity (Wildman–Crippen MR) is 80.2 cm³/mol. The molecule has 0 aliphatic carbocycles. The van der Waals surface area contributed by atoms with Crippen LogP contribution in [0, 0.1) is 0 Å². The summed E-state index contributed by atoms with van der Waals surface area (Å²) in [6, 6.07) is 0.554. The summed E-state index contributed by atoms with van der Waals surface area (Å²) in [7, 11) is 0. The Kier molecular flexibility index (Phi) is 7.10. The molecule has 4 heteroatoms. The molecule has 1 saturated heterocycles. The molecule has 0 unspecified atom stereocenters. The van der Waals surface area contributed by atoms with Crippen molar-refractivity contribution in [3.8, 4) is 0 Å². The van der Waals surface area contributed by atoms with E-state index in [4.69, 9.17) is 0 Å². The van der Waals surface area contributed by atoms with Crippen LogP contribution in [0.4, 0.5) is 0 Å². The zero-order valence-corrected chi connectivity index (χ0v) is 12.7. The number of amides is 1. The van der Waals surface area contributed by atoms with Gasteiger partial charge in [0, 0.05) is 19.1 Å². The highest BCUT2D eigenvalue weighted by molar-refractivity contribution is 5.78. The standard InChI is InChI=1S/C15H29N3O/c1-5-17(14-7-9-16-10-8-14)12-15(19)18(6-2)11-13(3)4/h14,16H,3,5-12H2,1-2,4H3. The lowest BCUT2D eigenvalue weighted by atomic mass is 10.0. The predicted octanol–water partition coefficient (Wildman–Crippen LogP) is 1.48. The lowest BCUT2D eigenvalue weighted by molar-refractivity contribution is -0.132. The molecular formula is C15H29N3O. The summed E-state index contributed by atoms with van der Waals surface area (Å²) in [6.07, 6.45) is 2.29. The topological polar surface area (TPSA) is 35.6 Å². The van der Waals surface area contributed by atoms with Crippen LogP contribution in [0.1, 0.15) is 33.6 Å². The molecule has 1 fully saturated rings. The highest BCUT2D eigenvalue weighted by Crippen LogP contribution is 2.12. The molecule has 0 spiro atoms. The summed E-state index contributed by atoms with van der Waals surface area (Å²) < 4.78 is 0. The molecule has 0 saturated carbocycles. The van der Waals surface area contributed by atoms with E-state index >= 15 is 0 Å². The molecule has 1 rings (SSSR count). The van der Waals surface area contributed by atoms with Crippen molar-refractivity contribution in [3.63, 3.8) is 0 Å². The van der Waals surface area contributed by atoms with Gasteiger partial charge in [-0.1, -0.05) is 19.1 Å². The second-order valence-electron chi connectivity index (χ2n) is 5.41. The Balaban J connectivity index is 2.52. The van der Waals surface area contributed by atoms with Crippen LogP contribution in [0.15, 0.2) is 12.2 Å². The van der Waals surface area contributed by atoms with E-state index in [1.807, 2.05) is 18.7 Å². The van der Waals surface area contributed by atoms with Gasteiger partial charge in [-0.2, -0.15) is 0 Å². The van der Waals surface area contributed by atoms with E-state index < -0.39 is 0 Å². The Morgan fingerprint density at radius 1 is 1.21 bits per heavy atom. The van der Waals surface area contributed by atoms with Crippen LogP contribution >= 0.6 is 0 Å². The summed E-state index contributed by atoms with van der Waals surface area (Å²) in [5.74, 6) is 0.228. The molecule has 0 aromatic rings. The third kappa shape index (κ3) is 5.33. The van der Waals surface area contributed by atoms with E-state index in [2.05, 4.69) is 23.7 Å². The lowest BCUT2D eigenvalue weighted by Gasteiger charge is -2.34. The molecule has 1 amide bonds. The third-order valence-electron chi connectivity index (χ3n) is 3.76. The van der Waals surface area contributed by atoms with Crippen molar-refractivity contribution >= 4 is 5.91 Å². The number of carbonyl (C=O) groups excluding carboxylic acids is 1. The van der Waals surface area contributed by atoms with Gasteiger partial charge in [0.25, 0.3) is 0 Å². The summed E-state index contributed by atoms with van der Waals surface area (Å²) in [4.78, 5) is 16.6. The molecule has 0 aromatic heterocycles. The maximum absolute atomic E-state index is 12.3. The normalized spacial score (nSPS) is 16.6. The first-order valence-electron chi connectivity index (χ1n) is 7.45. The van der Waals surface area contributed by atoms with Crippen molar-refractivity contribution < 1.29 is 4.79 Å². The molecule has 19 heavy (non-hydrogen) atoms. The number of nitrogens with zero attached hydrogens (tertiary/aromatic N) is 2. The van der Waals surface area contributed by atoms with E-state index in [0.717, 1.165) is 44.6 Å². The number of carbonyl (C=O) groups is 1. The lowest BCUT2D eigenvalue weighted by Crippen LogP contribution is -2.48. The van der Waals surface area contributed by atoms with Crippen molar-refractivity contribution in [2.45, 2.75) is 39.7 Å². The molecule has 110 valence electrons. The van der Waals surface area contributed by atoms with Gasteiger partial charge in [-0.15, -0.1) is 0 Å². The van der Waals surface area contributed by atoms with Gasteiger partial charge >= 0.3 is 0 Å². The van der Waals surface area contributed by atoms with E-state index in [-0.39, 0.29) is 5.91 Å². The largest absolute Gasteiger partial charge is 0.338 e. The molecule has 1 aliphatic rings. The van der Waals surface area contributed by atoms with Crippen LogP contribution in [0.5, 0.6) is 0 Å². The Hall–Kier alpha value is -0.870. The van der Waals surface area contributed by atoms with E-state index in [1.165, 1.54) is 0 Å². The summed E-state index contributed by atoms with van der Waals surface area (Å²) in [6.45, 7) is 15.1. The fourth-order valence-electron chi connectivity index (χ4n) is 2.65. The smallest absolute Gasteiger partial charge is 0.237 e.